The predicted octanol–water partition coefficient (Wildman–Crippen LogP) is 3.28. The standard InChI is InChI=1S/C18H32NO7P/c1-5-18(6-2,11-9-13-27(22,23)24)14-10-12-19(17(21)26-8-4)15(14)16(20)25-7-3/h9,13-15H,5-8,10-12H2,1-4H3,(H2,22,23,24). The van der Waals surface area contributed by atoms with Crippen LogP contribution in [0.2, 0.25) is 0 Å². The molecule has 2 unspecified atom stereocenters. The van der Waals surface area contributed by atoms with Crippen LogP contribution in [-0.2, 0) is 18.8 Å². The van der Waals surface area contributed by atoms with Gasteiger partial charge in [-0.05, 0) is 50.9 Å². The molecule has 0 aliphatic carbocycles. The Kier molecular flexibility index (Phi) is 8.99. The van der Waals surface area contributed by atoms with Crippen LogP contribution in [0.25, 0.3) is 0 Å². The number of hydrogen-bond donors (Lipinski definition) is 2. The van der Waals surface area contributed by atoms with Gasteiger partial charge in [-0.2, -0.15) is 0 Å². The molecule has 1 saturated heterocycles. The molecule has 2 N–H and O–H groups in total. The molecule has 1 rings (SSSR count). The molecule has 0 saturated carbocycles. The summed E-state index contributed by atoms with van der Waals surface area (Å²) in [5.41, 5.74) is -0.385. The Labute approximate surface area is 161 Å². The fourth-order valence-corrected chi connectivity index (χ4v) is 4.38. The Morgan fingerprint density at radius 2 is 1.74 bits per heavy atom. The molecule has 1 aliphatic heterocycles. The summed E-state index contributed by atoms with van der Waals surface area (Å²) in [7, 11) is -4.24. The molecule has 0 spiro atoms. The zero-order valence-corrected chi connectivity index (χ0v) is 17.5. The van der Waals surface area contributed by atoms with Gasteiger partial charge in [0.25, 0.3) is 0 Å². The largest absolute Gasteiger partial charge is 0.464 e. The van der Waals surface area contributed by atoms with Gasteiger partial charge in [0.1, 0.15) is 6.04 Å². The van der Waals surface area contributed by atoms with Gasteiger partial charge in [-0.25, -0.2) is 9.59 Å². The average molecular weight is 405 g/mol. The molecule has 1 heterocycles. The summed E-state index contributed by atoms with van der Waals surface area (Å²) >= 11 is 0. The first kappa shape index (κ1) is 23.7. The minimum Gasteiger partial charge on any atom is -0.464 e. The third-order valence-corrected chi connectivity index (χ3v) is 6.05. The molecule has 0 radical (unpaired) electrons. The number of likely N-dealkylation sites (tertiary alicyclic amines) is 1. The molecular weight excluding hydrogens is 373 g/mol. The first-order chi connectivity index (χ1) is 12.7. The maximum absolute atomic E-state index is 12.7. The van der Waals surface area contributed by atoms with E-state index in [4.69, 9.17) is 19.3 Å². The average Bonchev–Trinajstić information content (AvgIpc) is 3.04. The number of carbonyl (C=O) groups is 2. The Balaban J connectivity index is 3.21. The van der Waals surface area contributed by atoms with E-state index < -0.39 is 25.7 Å². The number of rotatable bonds is 9. The van der Waals surface area contributed by atoms with Gasteiger partial charge in [0.05, 0.1) is 13.2 Å². The molecule has 1 aliphatic rings. The lowest BCUT2D eigenvalue weighted by atomic mass is 9.66. The van der Waals surface area contributed by atoms with Gasteiger partial charge < -0.3 is 19.3 Å². The topological polar surface area (TPSA) is 113 Å². The Morgan fingerprint density at radius 3 is 2.22 bits per heavy atom. The third-order valence-electron chi connectivity index (χ3n) is 5.45. The van der Waals surface area contributed by atoms with Crippen LogP contribution in [0.4, 0.5) is 4.79 Å². The van der Waals surface area contributed by atoms with E-state index >= 15 is 0 Å². The molecule has 27 heavy (non-hydrogen) atoms. The number of esters is 1. The van der Waals surface area contributed by atoms with Crippen molar-refractivity contribution in [2.75, 3.05) is 19.8 Å². The van der Waals surface area contributed by atoms with E-state index in [9.17, 15) is 14.2 Å². The van der Waals surface area contributed by atoms with Gasteiger partial charge in [-0.15, -0.1) is 0 Å². The summed E-state index contributed by atoms with van der Waals surface area (Å²) in [6.45, 7) is 8.21. The highest BCUT2D eigenvalue weighted by Gasteiger charge is 2.51. The molecule has 1 amide bonds. The second-order valence-corrected chi connectivity index (χ2v) is 8.21. The maximum atomic E-state index is 12.7. The van der Waals surface area contributed by atoms with Gasteiger partial charge in [-0.3, -0.25) is 9.46 Å². The minimum absolute atomic E-state index is 0.183. The molecule has 0 aromatic heterocycles. The number of amides is 1. The van der Waals surface area contributed by atoms with Crippen molar-refractivity contribution < 1.29 is 33.4 Å². The van der Waals surface area contributed by atoms with E-state index in [0.717, 1.165) is 5.82 Å². The van der Waals surface area contributed by atoms with E-state index in [1.165, 1.54) is 11.0 Å². The minimum atomic E-state index is -4.24. The summed E-state index contributed by atoms with van der Waals surface area (Å²) in [5, 5.41) is 0. The molecule has 8 nitrogen and oxygen atoms in total. The molecule has 0 bridgehead atoms. The monoisotopic (exact) mass is 405 g/mol. The van der Waals surface area contributed by atoms with Crippen LogP contribution in [0.15, 0.2) is 11.9 Å². The van der Waals surface area contributed by atoms with E-state index in [1.54, 1.807) is 13.8 Å². The van der Waals surface area contributed by atoms with E-state index in [2.05, 4.69) is 0 Å². The van der Waals surface area contributed by atoms with Crippen LogP contribution in [0, 0.1) is 11.3 Å². The zero-order valence-electron chi connectivity index (χ0n) is 16.6. The van der Waals surface area contributed by atoms with Crippen molar-refractivity contribution in [3.63, 3.8) is 0 Å². The van der Waals surface area contributed by atoms with Crippen LogP contribution in [0.5, 0.6) is 0 Å². The van der Waals surface area contributed by atoms with Crippen LogP contribution in [0.1, 0.15) is 53.4 Å². The number of allylic oxidation sites excluding steroid dienone is 1. The summed E-state index contributed by atoms with van der Waals surface area (Å²) in [5.74, 6) is 0.264. The molecule has 156 valence electrons. The van der Waals surface area contributed by atoms with Gasteiger partial charge in [0.15, 0.2) is 0 Å². The number of carbonyl (C=O) groups excluding carboxylic acids is 2. The molecular formula is C18H32NO7P. The summed E-state index contributed by atoms with van der Waals surface area (Å²) in [4.78, 5) is 44.6. The number of hydrogen-bond acceptors (Lipinski definition) is 5. The van der Waals surface area contributed by atoms with Crippen molar-refractivity contribution in [1.29, 1.82) is 0 Å². The normalized spacial score (nSPS) is 20.9. The van der Waals surface area contributed by atoms with Gasteiger partial charge >= 0.3 is 19.7 Å². The first-order valence-corrected chi connectivity index (χ1v) is 11.2. The smallest absolute Gasteiger partial charge is 0.410 e. The number of ether oxygens (including phenoxy) is 2. The Bertz CT molecular complexity index is 582. The molecule has 0 aromatic rings. The van der Waals surface area contributed by atoms with E-state index in [0.29, 0.717) is 32.2 Å². The van der Waals surface area contributed by atoms with Gasteiger partial charge in [0, 0.05) is 12.4 Å². The van der Waals surface area contributed by atoms with Crippen molar-refractivity contribution in [3.8, 4) is 0 Å². The highest BCUT2D eigenvalue weighted by Crippen LogP contribution is 2.48. The Hall–Kier alpha value is -1.37. The lowest BCUT2D eigenvalue weighted by Crippen LogP contribution is -2.48. The molecule has 1 fully saturated rings. The second kappa shape index (κ2) is 10.2. The maximum Gasteiger partial charge on any atom is 0.410 e. The van der Waals surface area contributed by atoms with Crippen molar-refractivity contribution in [2.24, 2.45) is 11.3 Å². The molecule has 2 atom stereocenters. The highest BCUT2D eigenvalue weighted by molar-refractivity contribution is 7.55. The van der Waals surface area contributed by atoms with Crippen LogP contribution < -0.4 is 0 Å². The van der Waals surface area contributed by atoms with Gasteiger partial charge in [0.2, 0.25) is 0 Å². The lowest BCUT2D eigenvalue weighted by Gasteiger charge is -2.40. The fraction of sp³-hybridized carbons (Fsp3) is 0.778. The Morgan fingerprint density at radius 1 is 1.15 bits per heavy atom. The van der Waals surface area contributed by atoms with Crippen molar-refractivity contribution in [3.05, 3.63) is 11.9 Å². The lowest BCUT2D eigenvalue weighted by molar-refractivity contribution is -0.151. The van der Waals surface area contributed by atoms with Crippen LogP contribution >= 0.6 is 7.60 Å². The second-order valence-electron chi connectivity index (χ2n) is 6.73. The summed E-state index contributed by atoms with van der Waals surface area (Å²) in [6.07, 6.45) is 3.36. The van der Waals surface area contributed by atoms with E-state index in [1.807, 2.05) is 13.8 Å². The fourth-order valence-electron chi connectivity index (χ4n) is 4.00. The van der Waals surface area contributed by atoms with Crippen molar-refractivity contribution in [1.82, 2.24) is 4.90 Å². The van der Waals surface area contributed by atoms with Gasteiger partial charge in [-0.1, -0.05) is 19.9 Å². The SMILES string of the molecule is CCOC(=O)C1C(C(CC)(CC)CC=CP(=O)(O)O)CCN1C(=O)OCC. The quantitative estimate of drug-likeness (QED) is 0.447. The van der Waals surface area contributed by atoms with Crippen LogP contribution in [0.3, 0.4) is 0 Å². The first-order valence-electron chi connectivity index (χ1n) is 9.48. The molecule has 9 heteroatoms. The number of nitrogens with zero attached hydrogens (tertiary/aromatic N) is 1. The van der Waals surface area contributed by atoms with E-state index in [-0.39, 0.29) is 24.5 Å². The highest BCUT2D eigenvalue weighted by atomic mass is 31.2. The summed E-state index contributed by atoms with van der Waals surface area (Å²) < 4.78 is 21.5. The van der Waals surface area contributed by atoms with Crippen molar-refractivity contribution >= 4 is 19.7 Å². The third kappa shape index (κ3) is 6.06. The summed E-state index contributed by atoms with van der Waals surface area (Å²) in [6, 6.07) is -0.757. The predicted molar refractivity (Wildman–Crippen MR) is 101 cm³/mol. The van der Waals surface area contributed by atoms with Crippen molar-refractivity contribution in [2.45, 2.75) is 59.4 Å². The van der Waals surface area contributed by atoms with Crippen LogP contribution in [-0.4, -0.2) is 52.5 Å². The molecule has 0 aromatic carbocycles. The zero-order chi connectivity index (χ0) is 20.7.